The zero-order chi connectivity index (χ0) is 25.2. The highest BCUT2D eigenvalue weighted by Crippen LogP contribution is 2.10. The van der Waals surface area contributed by atoms with E-state index in [9.17, 15) is 19.2 Å². The maximum absolute atomic E-state index is 12.9. The number of carbonyl (C=O) groups excluding carboxylic acids is 4. The molecule has 0 spiro atoms. The monoisotopic (exact) mass is 469 g/mol. The van der Waals surface area contributed by atoms with Crippen LogP contribution < -0.4 is 32.7 Å². The van der Waals surface area contributed by atoms with Crippen molar-refractivity contribution in [2.45, 2.75) is 71.0 Å². The number of nitrogens with zero attached hydrogens (tertiary/aromatic N) is 3. The lowest BCUT2D eigenvalue weighted by atomic mass is 9.97. The summed E-state index contributed by atoms with van der Waals surface area (Å²) in [5.74, 6) is -2.08. The Morgan fingerprint density at radius 1 is 1.00 bits per heavy atom. The second-order valence-corrected chi connectivity index (χ2v) is 7.88. The summed E-state index contributed by atoms with van der Waals surface area (Å²) < 4.78 is 0. The highest BCUT2D eigenvalue weighted by atomic mass is 16.2. The first-order chi connectivity index (χ1) is 15.7. The fourth-order valence-electron chi connectivity index (χ4n) is 2.78. The number of carbonyl (C=O) groups is 4. The van der Waals surface area contributed by atoms with Gasteiger partial charge in [0.05, 0.1) is 12.6 Å². The van der Waals surface area contributed by atoms with Gasteiger partial charge in [0.15, 0.2) is 0 Å². The minimum atomic E-state index is -0.885. The molecule has 0 rings (SSSR count). The third kappa shape index (κ3) is 13.3. The average molecular weight is 470 g/mol. The standard InChI is InChI=1S/C20H39N9O4/c1-4-13(2)17(20(33)25-12-16(30)24-10-7-11-26-29-23)28-19(32)15(8-5-6-9-21)27-18(31)14(3)22/h13-15,17H,4-12,21-22H2,1-3H3,(H,24,30)(H,25,33)(H,27,31)(H,28,32)/t13-,14-,15-,17-/m0/s1. The van der Waals surface area contributed by atoms with E-state index in [0.29, 0.717) is 45.2 Å². The van der Waals surface area contributed by atoms with Gasteiger partial charge in [0.2, 0.25) is 23.6 Å². The van der Waals surface area contributed by atoms with Gasteiger partial charge < -0.3 is 32.7 Å². The molecule has 0 heterocycles. The third-order valence-corrected chi connectivity index (χ3v) is 5.03. The van der Waals surface area contributed by atoms with Gasteiger partial charge in [-0.25, -0.2) is 0 Å². The van der Waals surface area contributed by atoms with Crippen molar-refractivity contribution in [2.75, 3.05) is 26.2 Å². The smallest absolute Gasteiger partial charge is 0.243 e. The summed E-state index contributed by atoms with van der Waals surface area (Å²) in [6.45, 7) is 5.97. The SMILES string of the molecule is CC[C@H](C)[C@H](NC(=O)[C@H](CCCCN)NC(=O)[C@H](C)N)C(=O)NCC(=O)NCCCN=[N+]=[N-]. The molecular weight excluding hydrogens is 430 g/mol. The highest BCUT2D eigenvalue weighted by molar-refractivity contribution is 5.94. The van der Waals surface area contributed by atoms with Crippen molar-refractivity contribution in [2.24, 2.45) is 22.5 Å². The lowest BCUT2D eigenvalue weighted by molar-refractivity contribution is -0.134. The van der Waals surface area contributed by atoms with E-state index < -0.39 is 41.8 Å². The van der Waals surface area contributed by atoms with Gasteiger partial charge in [0, 0.05) is 18.0 Å². The van der Waals surface area contributed by atoms with Crippen LogP contribution in [0.5, 0.6) is 0 Å². The topological polar surface area (TPSA) is 217 Å². The molecule has 0 unspecified atom stereocenters. The van der Waals surface area contributed by atoms with E-state index in [2.05, 4.69) is 31.3 Å². The van der Waals surface area contributed by atoms with Crippen molar-refractivity contribution in [3.05, 3.63) is 10.4 Å². The molecule has 0 aromatic carbocycles. The molecule has 33 heavy (non-hydrogen) atoms. The van der Waals surface area contributed by atoms with E-state index in [1.54, 1.807) is 0 Å². The van der Waals surface area contributed by atoms with Crippen molar-refractivity contribution >= 4 is 23.6 Å². The van der Waals surface area contributed by atoms with Gasteiger partial charge in [-0.15, -0.1) is 0 Å². The van der Waals surface area contributed by atoms with Gasteiger partial charge in [-0.3, -0.25) is 19.2 Å². The Morgan fingerprint density at radius 3 is 2.27 bits per heavy atom. The minimum Gasteiger partial charge on any atom is -0.355 e. The van der Waals surface area contributed by atoms with Crippen LogP contribution in [0.4, 0.5) is 0 Å². The highest BCUT2D eigenvalue weighted by Gasteiger charge is 2.30. The molecular formula is C20H39N9O4. The van der Waals surface area contributed by atoms with Crippen LogP contribution >= 0.6 is 0 Å². The molecule has 0 aromatic heterocycles. The molecule has 13 heteroatoms. The molecule has 0 aliphatic heterocycles. The number of rotatable bonds is 17. The van der Waals surface area contributed by atoms with Gasteiger partial charge in [-0.05, 0) is 50.6 Å². The van der Waals surface area contributed by atoms with Gasteiger partial charge in [-0.2, -0.15) is 0 Å². The van der Waals surface area contributed by atoms with Crippen molar-refractivity contribution in [3.8, 4) is 0 Å². The zero-order valence-electron chi connectivity index (χ0n) is 19.8. The average Bonchev–Trinajstić information content (AvgIpc) is 2.79. The minimum absolute atomic E-state index is 0.213. The van der Waals surface area contributed by atoms with E-state index in [1.165, 1.54) is 6.92 Å². The lowest BCUT2D eigenvalue weighted by Crippen LogP contribution is -2.57. The second kappa shape index (κ2) is 17.6. The maximum atomic E-state index is 12.9. The fourth-order valence-corrected chi connectivity index (χ4v) is 2.78. The number of hydrogen-bond acceptors (Lipinski definition) is 7. The Balaban J connectivity index is 5.01. The van der Waals surface area contributed by atoms with Crippen LogP contribution in [0.1, 0.15) is 52.9 Å². The first kappa shape index (κ1) is 30.1. The molecule has 4 amide bonds. The van der Waals surface area contributed by atoms with Crippen molar-refractivity contribution < 1.29 is 19.2 Å². The molecule has 0 aliphatic carbocycles. The van der Waals surface area contributed by atoms with Crippen LogP contribution in [0.3, 0.4) is 0 Å². The van der Waals surface area contributed by atoms with E-state index in [1.807, 2.05) is 13.8 Å². The fraction of sp³-hybridized carbons (Fsp3) is 0.800. The number of hydrogen-bond donors (Lipinski definition) is 6. The molecule has 0 saturated carbocycles. The summed E-state index contributed by atoms with van der Waals surface area (Å²) in [6, 6.07) is -2.52. The van der Waals surface area contributed by atoms with Gasteiger partial charge in [0.25, 0.3) is 0 Å². The summed E-state index contributed by atoms with van der Waals surface area (Å²) >= 11 is 0. The van der Waals surface area contributed by atoms with Crippen LogP contribution in [0.2, 0.25) is 0 Å². The zero-order valence-corrected chi connectivity index (χ0v) is 19.8. The summed E-state index contributed by atoms with van der Waals surface area (Å²) in [6.07, 6.45) is 2.75. The molecule has 0 fully saturated rings. The van der Waals surface area contributed by atoms with E-state index in [-0.39, 0.29) is 19.0 Å². The first-order valence-electron chi connectivity index (χ1n) is 11.3. The van der Waals surface area contributed by atoms with Crippen molar-refractivity contribution in [1.29, 1.82) is 0 Å². The summed E-state index contributed by atoms with van der Waals surface area (Å²) in [5.41, 5.74) is 19.3. The van der Waals surface area contributed by atoms with Gasteiger partial charge in [0.1, 0.15) is 12.1 Å². The van der Waals surface area contributed by atoms with Crippen LogP contribution in [0.25, 0.3) is 10.4 Å². The molecule has 0 aromatic rings. The summed E-state index contributed by atoms with van der Waals surface area (Å²) in [4.78, 5) is 52.2. The molecule has 13 nitrogen and oxygen atoms in total. The van der Waals surface area contributed by atoms with Crippen LogP contribution in [-0.2, 0) is 19.2 Å². The largest absolute Gasteiger partial charge is 0.355 e. The predicted molar refractivity (Wildman–Crippen MR) is 125 cm³/mol. The van der Waals surface area contributed by atoms with E-state index in [4.69, 9.17) is 17.0 Å². The Kier molecular flexibility index (Phi) is 16.1. The third-order valence-electron chi connectivity index (χ3n) is 5.03. The molecule has 8 N–H and O–H groups in total. The maximum Gasteiger partial charge on any atom is 0.243 e. The number of amides is 4. The lowest BCUT2D eigenvalue weighted by Gasteiger charge is -2.27. The Bertz CT molecular complexity index is 680. The first-order valence-corrected chi connectivity index (χ1v) is 11.3. The van der Waals surface area contributed by atoms with E-state index >= 15 is 0 Å². The second-order valence-electron chi connectivity index (χ2n) is 7.88. The summed E-state index contributed by atoms with van der Waals surface area (Å²) in [7, 11) is 0. The van der Waals surface area contributed by atoms with Gasteiger partial charge in [-0.1, -0.05) is 25.4 Å². The Hall–Kier alpha value is -2.89. The van der Waals surface area contributed by atoms with Crippen molar-refractivity contribution in [3.63, 3.8) is 0 Å². The quantitative estimate of drug-likeness (QED) is 0.0707. The van der Waals surface area contributed by atoms with E-state index in [0.717, 1.165) is 0 Å². The Morgan fingerprint density at radius 2 is 1.70 bits per heavy atom. The molecule has 0 radical (unpaired) electrons. The molecule has 0 aliphatic rings. The molecule has 4 atom stereocenters. The molecule has 0 bridgehead atoms. The number of nitrogens with two attached hydrogens (primary N) is 2. The van der Waals surface area contributed by atoms with Crippen LogP contribution in [0.15, 0.2) is 5.11 Å². The van der Waals surface area contributed by atoms with Crippen LogP contribution in [-0.4, -0.2) is 67.9 Å². The molecule has 188 valence electrons. The summed E-state index contributed by atoms with van der Waals surface area (Å²) in [5, 5.41) is 13.8. The van der Waals surface area contributed by atoms with Gasteiger partial charge >= 0.3 is 0 Å². The number of azide groups is 1. The number of nitrogens with one attached hydrogen (secondary N) is 4. The predicted octanol–water partition coefficient (Wildman–Crippen LogP) is -0.589. The van der Waals surface area contributed by atoms with Crippen LogP contribution in [0, 0.1) is 5.92 Å². The molecule has 0 saturated heterocycles. The number of unbranched alkanes of at least 4 members (excludes halogenated alkanes) is 1. The normalized spacial score (nSPS) is 14.1. The van der Waals surface area contributed by atoms with Crippen molar-refractivity contribution in [1.82, 2.24) is 21.3 Å². The Labute approximate surface area is 194 Å².